The predicted molar refractivity (Wildman–Crippen MR) is 71.8 cm³/mol. The number of anilines is 1. The van der Waals surface area contributed by atoms with E-state index in [0.29, 0.717) is 6.42 Å². The Morgan fingerprint density at radius 1 is 1.29 bits per heavy atom. The van der Waals surface area contributed by atoms with E-state index in [1.165, 1.54) is 19.2 Å². The van der Waals surface area contributed by atoms with Crippen LogP contribution in [-0.4, -0.2) is 25.4 Å². The van der Waals surface area contributed by atoms with E-state index in [1.807, 2.05) is 0 Å². The molecule has 8 heteroatoms. The smallest absolute Gasteiger partial charge is 0.387 e. The maximum Gasteiger partial charge on any atom is 0.418 e. The molecular formula is C13H16F3N3O2. The second kappa shape index (κ2) is 6.96. The van der Waals surface area contributed by atoms with E-state index >= 15 is 0 Å². The Hall–Kier alpha value is -2.25. The molecule has 0 heterocycles. The Balaban J connectivity index is 2.87. The summed E-state index contributed by atoms with van der Waals surface area (Å²) in [5.74, 6) is -1.14. The Kier molecular flexibility index (Phi) is 5.57. The molecular weight excluding hydrogens is 287 g/mol. The number of hydrogen-bond donors (Lipinski definition) is 3. The van der Waals surface area contributed by atoms with Gasteiger partial charge in [-0.1, -0.05) is 6.07 Å². The third-order valence-corrected chi connectivity index (χ3v) is 2.75. The van der Waals surface area contributed by atoms with E-state index in [-0.39, 0.29) is 24.2 Å². The van der Waals surface area contributed by atoms with Crippen LogP contribution in [0.25, 0.3) is 0 Å². The van der Waals surface area contributed by atoms with E-state index in [1.54, 1.807) is 0 Å². The lowest BCUT2D eigenvalue weighted by atomic mass is 10.1. The van der Waals surface area contributed by atoms with Crippen LogP contribution in [-0.2, 0) is 11.0 Å². The van der Waals surface area contributed by atoms with Gasteiger partial charge >= 0.3 is 6.18 Å². The number of rotatable bonds is 6. The molecule has 4 N–H and O–H groups in total. The Morgan fingerprint density at radius 2 is 1.95 bits per heavy atom. The minimum absolute atomic E-state index is 0.0990. The third-order valence-electron chi connectivity index (χ3n) is 2.75. The van der Waals surface area contributed by atoms with Gasteiger partial charge in [-0.2, -0.15) is 13.2 Å². The summed E-state index contributed by atoms with van der Waals surface area (Å²) >= 11 is 0. The molecule has 0 bridgehead atoms. The molecule has 0 aliphatic rings. The van der Waals surface area contributed by atoms with Gasteiger partial charge in [-0.05, 0) is 18.6 Å². The number of amides is 2. The third kappa shape index (κ3) is 4.66. The van der Waals surface area contributed by atoms with E-state index in [2.05, 4.69) is 10.6 Å². The van der Waals surface area contributed by atoms with Crippen LogP contribution < -0.4 is 16.4 Å². The lowest BCUT2D eigenvalue weighted by Gasteiger charge is -2.16. The number of carbonyl (C=O) groups is 2. The summed E-state index contributed by atoms with van der Waals surface area (Å²) in [5.41, 5.74) is 3.65. The van der Waals surface area contributed by atoms with Crippen LogP contribution in [0.2, 0.25) is 0 Å². The monoisotopic (exact) mass is 303 g/mol. The van der Waals surface area contributed by atoms with Crippen molar-refractivity contribution < 1.29 is 22.8 Å². The molecule has 0 atom stereocenters. The first kappa shape index (κ1) is 16.8. The van der Waals surface area contributed by atoms with Crippen molar-refractivity contribution in [2.45, 2.75) is 19.0 Å². The second-order valence-corrected chi connectivity index (χ2v) is 4.30. The zero-order valence-electron chi connectivity index (χ0n) is 11.4. The van der Waals surface area contributed by atoms with Gasteiger partial charge in [-0.15, -0.1) is 0 Å². The summed E-state index contributed by atoms with van der Waals surface area (Å²) in [7, 11) is 1.31. The fourth-order valence-corrected chi connectivity index (χ4v) is 1.81. The maximum atomic E-state index is 12.9. The van der Waals surface area contributed by atoms with Crippen molar-refractivity contribution in [2.24, 2.45) is 5.73 Å². The van der Waals surface area contributed by atoms with Gasteiger partial charge in [-0.25, -0.2) is 0 Å². The van der Waals surface area contributed by atoms with E-state index in [4.69, 9.17) is 5.73 Å². The number of nitrogens with one attached hydrogen (secondary N) is 2. The quantitative estimate of drug-likeness (QED) is 0.700. The molecule has 0 aliphatic carbocycles. The lowest BCUT2D eigenvalue weighted by Crippen LogP contribution is -2.27. The zero-order valence-corrected chi connectivity index (χ0v) is 11.4. The molecule has 1 aromatic carbocycles. The molecule has 116 valence electrons. The van der Waals surface area contributed by atoms with Gasteiger partial charge in [0.05, 0.1) is 16.8 Å². The number of halogens is 3. The van der Waals surface area contributed by atoms with Gasteiger partial charge in [-0.3, -0.25) is 9.59 Å². The van der Waals surface area contributed by atoms with Crippen molar-refractivity contribution in [1.29, 1.82) is 0 Å². The summed E-state index contributed by atoms with van der Waals surface area (Å²) in [6, 6.07) is 3.36. The summed E-state index contributed by atoms with van der Waals surface area (Å²) in [6.07, 6.45) is -4.13. The van der Waals surface area contributed by atoms with Gasteiger partial charge in [0, 0.05) is 20.0 Å². The maximum absolute atomic E-state index is 12.9. The lowest BCUT2D eigenvalue weighted by molar-refractivity contribution is -0.137. The minimum Gasteiger partial charge on any atom is -0.387 e. The number of alkyl halides is 3. The highest BCUT2D eigenvalue weighted by atomic mass is 19.4. The molecule has 2 amide bonds. The minimum atomic E-state index is -4.55. The Bertz CT molecular complexity index is 530. The van der Waals surface area contributed by atoms with E-state index in [9.17, 15) is 22.8 Å². The topological polar surface area (TPSA) is 84.2 Å². The van der Waals surface area contributed by atoms with Crippen LogP contribution >= 0.6 is 0 Å². The molecule has 5 nitrogen and oxygen atoms in total. The van der Waals surface area contributed by atoms with Gasteiger partial charge in [0.25, 0.3) is 5.91 Å². The van der Waals surface area contributed by atoms with Crippen LogP contribution in [0.3, 0.4) is 0 Å². The van der Waals surface area contributed by atoms with Crippen molar-refractivity contribution in [1.82, 2.24) is 5.32 Å². The summed E-state index contributed by atoms with van der Waals surface area (Å²) in [5, 5.41) is 4.86. The van der Waals surface area contributed by atoms with Crippen molar-refractivity contribution in [3.05, 3.63) is 29.3 Å². The molecule has 1 aromatic rings. The largest absolute Gasteiger partial charge is 0.418 e. The molecule has 0 spiro atoms. The standard InChI is InChI=1S/C13H16F3N3O2/c1-18-11-8(4-2-5-9(11)13(14,15)16)12(21)19-7-3-6-10(17)20/h2,4-5,18H,3,6-7H2,1H3,(H2,17,20)(H,19,21). The first-order chi connectivity index (χ1) is 9.77. The molecule has 0 aliphatic heterocycles. The molecule has 0 saturated carbocycles. The number of primary amides is 1. The molecule has 21 heavy (non-hydrogen) atoms. The highest BCUT2D eigenvalue weighted by Crippen LogP contribution is 2.36. The fourth-order valence-electron chi connectivity index (χ4n) is 1.81. The van der Waals surface area contributed by atoms with Crippen LogP contribution in [0.4, 0.5) is 18.9 Å². The first-order valence-corrected chi connectivity index (χ1v) is 6.21. The SMILES string of the molecule is CNc1c(C(=O)NCCCC(N)=O)cccc1C(F)(F)F. The number of carbonyl (C=O) groups excluding carboxylic acids is 2. The number of para-hydroxylation sites is 1. The van der Waals surface area contributed by atoms with E-state index in [0.717, 1.165) is 6.07 Å². The molecule has 0 aromatic heterocycles. The van der Waals surface area contributed by atoms with Gasteiger partial charge in [0.1, 0.15) is 0 Å². The average Bonchev–Trinajstić information content (AvgIpc) is 2.41. The first-order valence-electron chi connectivity index (χ1n) is 6.21. The summed E-state index contributed by atoms with van der Waals surface area (Å²) in [4.78, 5) is 22.5. The van der Waals surface area contributed by atoms with E-state index < -0.39 is 23.6 Å². The molecule has 1 rings (SSSR count). The van der Waals surface area contributed by atoms with Crippen LogP contribution in [0, 0.1) is 0 Å². The number of nitrogens with two attached hydrogens (primary N) is 1. The zero-order chi connectivity index (χ0) is 16.0. The molecule has 0 radical (unpaired) electrons. The highest BCUT2D eigenvalue weighted by molar-refractivity contribution is 6.00. The van der Waals surface area contributed by atoms with Crippen molar-refractivity contribution in [2.75, 3.05) is 18.9 Å². The van der Waals surface area contributed by atoms with Crippen molar-refractivity contribution in [3.8, 4) is 0 Å². The normalized spacial score (nSPS) is 11.0. The molecule has 0 fully saturated rings. The molecule has 0 unspecified atom stereocenters. The summed E-state index contributed by atoms with van der Waals surface area (Å²) in [6.45, 7) is 0.154. The average molecular weight is 303 g/mol. The van der Waals surface area contributed by atoms with Gasteiger partial charge < -0.3 is 16.4 Å². The predicted octanol–water partition coefficient (Wildman–Crippen LogP) is 1.74. The van der Waals surface area contributed by atoms with Crippen molar-refractivity contribution >= 4 is 17.5 Å². The Morgan fingerprint density at radius 3 is 2.48 bits per heavy atom. The van der Waals surface area contributed by atoms with Crippen LogP contribution in [0.1, 0.15) is 28.8 Å². The fraction of sp³-hybridized carbons (Fsp3) is 0.385. The molecule has 0 saturated heterocycles. The second-order valence-electron chi connectivity index (χ2n) is 4.30. The highest BCUT2D eigenvalue weighted by Gasteiger charge is 2.34. The van der Waals surface area contributed by atoms with Gasteiger partial charge in [0.2, 0.25) is 5.91 Å². The van der Waals surface area contributed by atoms with Crippen LogP contribution in [0.5, 0.6) is 0 Å². The van der Waals surface area contributed by atoms with Gasteiger partial charge in [0.15, 0.2) is 0 Å². The number of benzene rings is 1. The number of hydrogen-bond acceptors (Lipinski definition) is 3. The Labute approximate surface area is 119 Å². The summed E-state index contributed by atoms with van der Waals surface area (Å²) < 4.78 is 38.6. The van der Waals surface area contributed by atoms with Crippen LogP contribution in [0.15, 0.2) is 18.2 Å². The van der Waals surface area contributed by atoms with Crippen molar-refractivity contribution in [3.63, 3.8) is 0 Å².